The lowest BCUT2D eigenvalue weighted by atomic mass is 9.87. The van der Waals surface area contributed by atoms with Gasteiger partial charge in [0, 0.05) is 30.8 Å². The summed E-state index contributed by atoms with van der Waals surface area (Å²) in [5.41, 5.74) is 5.91. The van der Waals surface area contributed by atoms with Gasteiger partial charge in [-0.15, -0.1) is 0 Å². The Kier molecular flexibility index (Phi) is 13.6. The number of hydrogen-bond donors (Lipinski definition) is 5. The van der Waals surface area contributed by atoms with Crippen molar-refractivity contribution in [3.8, 4) is 0 Å². The molecule has 5 N–H and O–H groups in total. The number of likely N-dealkylation sites (N-methyl/N-ethyl adjacent to an activating group) is 1. The quantitative estimate of drug-likeness (QED) is 0.153. The van der Waals surface area contributed by atoms with Gasteiger partial charge in [0.25, 0.3) is 0 Å². The Labute approximate surface area is 306 Å². The van der Waals surface area contributed by atoms with Crippen molar-refractivity contribution in [2.75, 3.05) is 24.2 Å². The minimum Gasteiger partial charge on any atom is -0.347 e. The van der Waals surface area contributed by atoms with Crippen molar-refractivity contribution in [2.45, 2.75) is 102 Å². The molecule has 1 aliphatic carbocycles. The molecule has 0 aromatic heterocycles. The maximum atomic E-state index is 14.0. The van der Waals surface area contributed by atoms with E-state index in [1.165, 1.54) is 5.56 Å². The fourth-order valence-corrected chi connectivity index (χ4v) is 7.01. The van der Waals surface area contributed by atoms with E-state index in [1.807, 2.05) is 67.6 Å². The Bertz CT molecular complexity index is 1740. The average molecular weight is 709 g/mol. The van der Waals surface area contributed by atoms with Gasteiger partial charge in [0.2, 0.25) is 29.5 Å². The Morgan fingerprint density at radius 1 is 0.827 bits per heavy atom. The minimum absolute atomic E-state index is 0.00528. The molecule has 0 spiro atoms. The van der Waals surface area contributed by atoms with Crippen LogP contribution in [0.5, 0.6) is 0 Å². The van der Waals surface area contributed by atoms with Crippen LogP contribution in [-0.2, 0) is 43.2 Å². The molecule has 11 nitrogen and oxygen atoms in total. The molecule has 1 heterocycles. The molecule has 0 bridgehead atoms. The molecule has 52 heavy (non-hydrogen) atoms. The molecule has 4 unspecified atom stereocenters. The van der Waals surface area contributed by atoms with Gasteiger partial charge in [0.1, 0.15) is 12.1 Å². The van der Waals surface area contributed by atoms with Crippen LogP contribution in [0.1, 0.15) is 87.1 Å². The smallest absolute Gasteiger partial charge is 0.245 e. The van der Waals surface area contributed by atoms with Gasteiger partial charge >= 0.3 is 0 Å². The normalized spacial score (nSPS) is 17.7. The Morgan fingerprint density at radius 3 is 2.17 bits per heavy atom. The molecule has 5 rings (SSSR count). The van der Waals surface area contributed by atoms with Gasteiger partial charge in [-0.25, -0.2) is 0 Å². The Morgan fingerprint density at radius 2 is 1.50 bits per heavy atom. The molecule has 0 saturated carbocycles. The van der Waals surface area contributed by atoms with Crippen molar-refractivity contribution < 1.29 is 24.0 Å². The first-order chi connectivity index (χ1) is 25.1. The number of carbonyl (C=O) groups is 5. The largest absolute Gasteiger partial charge is 0.347 e. The van der Waals surface area contributed by atoms with Crippen molar-refractivity contribution in [1.82, 2.24) is 20.9 Å². The number of likely N-dealkylation sites (tertiary alicyclic amines) is 1. The summed E-state index contributed by atoms with van der Waals surface area (Å²) in [5.74, 6) is -1.21. The molecule has 3 aromatic rings. The number of hydrogen-bond acceptors (Lipinski definition) is 6. The van der Waals surface area contributed by atoms with Gasteiger partial charge in [0.05, 0.1) is 12.1 Å². The number of anilines is 2. The van der Waals surface area contributed by atoms with E-state index in [-0.39, 0.29) is 48.4 Å². The van der Waals surface area contributed by atoms with Crippen LogP contribution in [-0.4, -0.2) is 66.2 Å². The van der Waals surface area contributed by atoms with Crippen molar-refractivity contribution in [3.05, 3.63) is 95.1 Å². The summed E-state index contributed by atoms with van der Waals surface area (Å²) < 4.78 is 0. The number of rotatable bonds is 15. The van der Waals surface area contributed by atoms with Crippen LogP contribution in [0.15, 0.2) is 72.8 Å². The lowest BCUT2D eigenvalue weighted by Gasteiger charge is -2.32. The van der Waals surface area contributed by atoms with Crippen LogP contribution in [0.25, 0.3) is 0 Å². The molecule has 3 aromatic carbocycles. The van der Waals surface area contributed by atoms with Crippen LogP contribution >= 0.6 is 0 Å². The van der Waals surface area contributed by atoms with Crippen LogP contribution < -0.4 is 26.6 Å². The minimum atomic E-state index is -0.970. The summed E-state index contributed by atoms with van der Waals surface area (Å²) in [6, 6.07) is 21.3. The third kappa shape index (κ3) is 10.3. The molecule has 4 atom stereocenters. The van der Waals surface area contributed by atoms with Gasteiger partial charge in [-0.1, -0.05) is 55.5 Å². The molecule has 1 aliphatic heterocycles. The number of carbonyl (C=O) groups excluding carboxylic acids is 5. The molecule has 2 aliphatic rings. The van der Waals surface area contributed by atoms with E-state index in [0.717, 1.165) is 54.5 Å². The highest BCUT2D eigenvalue weighted by molar-refractivity contribution is 5.95. The van der Waals surface area contributed by atoms with Crippen LogP contribution in [0.4, 0.5) is 11.4 Å². The molecule has 0 radical (unpaired) electrons. The first-order valence-corrected chi connectivity index (χ1v) is 18.6. The maximum absolute atomic E-state index is 14.0. The maximum Gasteiger partial charge on any atom is 0.245 e. The first kappa shape index (κ1) is 38.2. The van der Waals surface area contributed by atoms with Crippen molar-refractivity contribution >= 4 is 40.9 Å². The summed E-state index contributed by atoms with van der Waals surface area (Å²) in [4.78, 5) is 67.2. The Balaban J connectivity index is 1.19. The summed E-state index contributed by atoms with van der Waals surface area (Å²) in [6.07, 6.45) is 6.01. The lowest BCUT2D eigenvalue weighted by molar-refractivity contribution is -0.142. The third-order valence-electron chi connectivity index (χ3n) is 10.1. The number of benzene rings is 3. The molecule has 1 fully saturated rings. The number of fused-ring (bicyclic) bond motifs is 1. The zero-order valence-electron chi connectivity index (χ0n) is 30.5. The predicted molar refractivity (Wildman–Crippen MR) is 203 cm³/mol. The molecular formula is C41H52N6O5. The number of nitrogens with zero attached hydrogens (tertiary/aromatic N) is 1. The highest BCUT2D eigenvalue weighted by Crippen LogP contribution is 2.30. The van der Waals surface area contributed by atoms with E-state index in [4.69, 9.17) is 0 Å². The third-order valence-corrected chi connectivity index (χ3v) is 10.1. The fraction of sp³-hybridized carbons (Fsp3) is 0.439. The molecule has 11 heteroatoms. The first-order valence-electron chi connectivity index (χ1n) is 18.6. The molecule has 1 saturated heterocycles. The van der Waals surface area contributed by atoms with Crippen LogP contribution in [0, 0.1) is 0 Å². The van der Waals surface area contributed by atoms with E-state index in [9.17, 15) is 24.0 Å². The second-order valence-corrected chi connectivity index (χ2v) is 13.8. The summed E-state index contributed by atoms with van der Waals surface area (Å²) in [6.45, 7) is 3.92. The molecule has 5 amide bonds. The van der Waals surface area contributed by atoms with Crippen molar-refractivity contribution in [1.29, 1.82) is 0 Å². The lowest BCUT2D eigenvalue weighted by Crippen LogP contribution is -2.55. The van der Waals surface area contributed by atoms with E-state index in [2.05, 4.69) is 38.7 Å². The standard InChI is InChI=1S/C41H52N6O5/c1-4-37(48)43-31-15-7-11-28(25-31)20-21-29-12-8-16-32(26-29)44-38(49)23-22-35(46-39(50)27(2)42-3)41(52)47-24-10-19-36(47)40(51)45-34-18-9-14-30-13-5-6-17-33(30)34/h5-8,11-13,15-17,25-27,34-36,42H,4,9-10,14,18-24H2,1-3H3,(H,43,48)(H,44,49)(H,45,51)(H,46,50). The topological polar surface area (TPSA) is 149 Å². The van der Waals surface area contributed by atoms with E-state index in [1.54, 1.807) is 18.9 Å². The van der Waals surface area contributed by atoms with E-state index < -0.39 is 18.1 Å². The fourth-order valence-electron chi connectivity index (χ4n) is 7.01. The SMILES string of the molecule is CCC(=O)Nc1cccc(CCc2cccc(NC(=O)CCC(NC(=O)C(C)NC)C(=O)N3CCCC3C(=O)NC3CCCc4ccccc43)c2)c1. The van der Waals surface area contributed by atoms with Gasteiger partial charge in [-0.05, 0) is 112 Å². The average Bonchev–Trinajstić information content (AvgIpc) is 3.66. The monoisotopic (exact) mass is 708 g/mol. The molecular weight excluding hydrogens is 656 g/mol. The zero-order chi connectivity index (χ0) is 37.0. The highest BCUT2D eigenvalue weighted by atomic mass is 16.2. The van der Waals surface area contributed by atoms with Gasteiger partial charge in [-0.2, -0.15) is 0 Å². The van der Waals surface area contributed by atoms with Crippen LogP contribution in [0.2, 0.25) is 0 Å². The highest BCUT2D eigenvalue weighted by Gasteiger charge is 2.39. The zero-order valence-corrected chi connectivity index (χ0v) is 30.5. The number of aryl methyl sites for hydroxylation is 3. The number of nitrogens with one attached hydrogen (secondary N) is 5. The molecule has 276 valence electrons. The van der Waals surface area contributed by atoms with E-state index >= 15 is 0 Å². The Hall–Kier alpha value is -5.03. The van der Waals surface area contributed by atoms with Gasteiger partial charge < -0.3 is 31.5 Å². The summed E-state index contributed by atoms with van der Waals surface area (Å²) in [5, 5.41) is 14.8. The predicted octanol–water partition coefficient (Wildman–Crippen LogP) is 4.82. The number of amides is 5. The second-order valence-electron chi connectivity index (χ2n) is 13.8. The summed E-state index contributed by atoms with van der Waals surface area (Å²) in [7, 11) is 1.66. The second kappa shape index (κ2) is 18.5. The van der Waals surface area contributed by atoms with E-state index in [0.29, 0.717) is 31.5 Å². The van der Waals surface area contributed by atoms with Crippen molar-refractivity contribution in [2.24, 2.45) is 0 Å². The van der Waals surface area contributed by atoms with Crippen LogP contribution in [0.3, 0.4) is 0 Å². The van der Waals surface area contributed by atoms with Gasteiger partial charge in [0.15, 0.2) is 0 Å². The summed E-state index contributed by atoms with van der Waals surface area (Å²) >= 11 is 0. The van der Waals surface area contributed by atoms with Gasteiger partial charge in [-0.3, -0.25) is 24.0 Å². The van der Waals surface area contributed by atoms with Crippen molar-refractivity contribution in [3.63, 3.8) is 0 Å².